The van der Waals surface area contributed by atoms with Crippen molar-refractivity contribution in [2.45, 2.75) is 50.1 Å². The number of piperidine rings is 1. The number of primary amides is 1. The average molecular weight is 700 g/mol. The molecule has 0 bridgehead atoms. The summed E-state index contributed by atoms with van der Waals surface area (Å²) >= 11 is 6.43. The number of aromatic hydroxyl groups is 1. The lowest BCUT2D eigenvalue weighted by Crippen LogP contribution is -2.47. The van der Waals surface area contributed by atoms with Gasteiger partial charge in [0.1, 0.15) is 17.4 Å². The van der Waals surface area contributed by atoms with E-state index in [0.29, 0.717) is 31.3 Å². The Balaban J connectivity index is 1.40. The van der Waals surface area contributed by atoms with E-state index in [1.807, 2.05) is 0 Å². The SMILES string of the molecule is CC1OC2(CCN(C(=O)c3ncccc3O)CC2)c2c1n([C@@H](C(N)=O)c1ccc(C(F)(F)F)cc1Cl)c1nc(C3=CCOCC3)nn1c2=O. The number of nitrogens with two attached hydrogens (primary N) is 1. The summed E-state index contributed by atoms with van der Waals surface area (Å²) in [7, 11) is 0. The van der Waals surface area contributed by atoms with Gasteiger partial charge >= 0.3 is 6.18 Å². The Kier molecular flexibility index (Phi) is 7.99. The first-order chi connectivity index (χ1) is 23.3. The number of halogens is 4. The number of pyridine rings is 1. The number of fused-ring (bicyclic) bond motifs is 3. The predicted molar refractivity (Wildman–Crippen MR) is 167 cm³/mol. The molecule has 1 spiro atoms. The van der Waals surface area contributed by atoms with E-state index in [2.05, 4.69) is 15.1 Å². The molecule has 4 aromatic rings. The van der Waals surface area contributed by atoms with Crippen molar-refractivity contribution in [2.24, 2.45) is 5.73 Å². The number of carbonyl (C=O) groups excluding carboxylic acids is 2. The van der Waals surface area contributed by atoms with Gasteiger partial charge < -0.3 is 25.2 Å². The standard InChI is InChI=1S/C32H29ClF3N7O6/c1-16-24-22(31(49-16)8-11-41(12-9-31)29(47)23-21(44)3-2-10-38-23)28(46)43-30(39-27(40-43)17-6-13-48-14-7-17)42(24)25(26(37)45)19-5-4-18(15-20(19)33)32(34,35)36/h2-6,10,15-16,25,44H,7-9,11-14H2,1H3,(H2,37,45)/t16?,25-/m1/s1. The minimum Gasteiger partial charge on any atom is -0.505 e. The molecular weight excluding hydrogens is 671 g/mol. The minimum absolute atomic E-state index is 0.0477. The Labute approximate surface area is 280 Å². The molecule has 6 heterocycles. The summed E-state index contributed by atoms with van der Waals surface area (Å²) in [5, 5.41) is 14.4. The molecule has 17 heteroatoms. The van der Waals surface area contributed by atoms with Crippen molar-refractivity contribution in [1.82, 2.24) is 29.0 Å². The molecule has 49 heavy (non-hydrogen) atoms. The van der Waals surface area contributed by atoms with Gasteiger partial charge in [-0.3, -0.25) is 19.0 Å². The molecule has 1 fully saturated rings. The van der Waals surface area contributed by atoms with Gasteiger partial charge in [0.15, 0.2) is 11.5 Å². The maximum Gasteiger partial charge on any atom is 0.416 e. The van der Waals surface area contributed by atoms with Gasteiger partial charge in [-0.1, -0.05) is 23.7 Å². The third kappa shape index (κ3) is 5.43. The highest BCUT2D eigenvalue weighted by atomic mass is 35.5. The van der Waals surface area contributed by atoms with Gasteiger partial charge in [0.2, 0.25) is 11.7 Å². The largest absolute Gasteiger partial charge is 0.505 e. The van der Waals surface area contributed by atoms with Crippen molar-refractivity contribution in [2.75, 3.05) is 26.3 Å². The van der Waals surface area contributed by atoms with Crippen molar-refractivity contribution < 1.29 is 37.3 Å². The first kappa shape index (κ1) is 32.7. The monoisotopic (exact) mass is 699 g/mol. The molecular formula is C32H29ClF3N7O6. The van der Waals surface area contributed by atoms with Crippen LogP contribution in [0.5, 0.6) is 5.75 Å². The highest BCUT2D eigenvalue weighted by Crippen LogP contribution is 2.49. The molecule has 0 radical (unpaired) electrons. The van der Waals surface area contributed by atoms with E-state index in [1.165, 1.54) is 27.8 Å². The van der Waals surface area contributed by atoms with Crippen molar-refractivity contribution >= 4 is 34.8 Å². The summed E-state index contributed by atoms with van der Waals surface area (Å²) in [5.74, 6) is -1.62. The molecule has 0 saturated carbocycles. The van der Waals surface area contributed by atoms with Gasteiger partial charge in [0.05, 0.1) is 36.1 Å². The van der Waals surface area contributed by atoms with Crippen LogP contribution in [0.1, 0.15) is 77.0 Å². The topological polar surface area (TPSA) is 167 Å². The lowest BCUT2D eigenvalue weighted by Gasteiger charge is -2.39. The molecule has 256 valence electrons. The second-order valence-electron chi connectivity index (χ2n) is 12.1. The molecule has 3 aliphatic heterocycles. The van der Waals surface area contributed by atoms with Crippen molar-refractivity contribution in [1.29, 1.82) is 0 Å². The van der Waals surface area contributed by atoms with Crippen molar-refractivity contribution in [3.63, 3.8) is 0 Å². The summed E-state index contributed by atoms with van der Waals surface area (Å²) in [5.41, 5.74) is 4.08. The summed E-state index contributed by atoms with van der Waals surface area (Å²) in [6.07, 6.45) is -1.62. The van der Waals surface area contributed by atoms with E-state index in [1.54, 1.807) is 13.0 Å². The van der Waals surface area contributed by atoms with Crippen LogP contribution in [0, 0.1) is 0 Å². The zero-order valence-electron chi connectivity index (χ0n) is 25.9. The zero-order chi connectivity index (χ0) is 34.8. The fourth-order valence-electron chi connectivity index (χ4n) is 6.94. The number of carbonyl (C=O) groups is 2. The molecule has 1 aromatic carbocycles. The van der Waals surface area contributed by atoms with Gasteiger partial charge in [-0.15, -0.1) is 5.10 Å². The lowest BCUT2D eigenvalue weighted by molar-refractivity contribution is -0.137. The first-order valence-corrected chi connectivity index (χ1v) is 15.8. The number of hydrogen-bond acceptors (Lipinski definition) is 9. The fourth-order valence-corrected chi connectivity index (χ4v) is 7.22. The van der Waals surface area contributed by atoms with Crippen molar-refractivity contribution in [3.05, 3.63) is 91.9 Å². The smallest absolute Gasteiger partial charge is 0.416 e. The number of nitrogens with zero attached hydrogens (tertiary/aromatic N) is 6. The van der Waals surface area contributed by atoms with E-state index < -0.39 is 46.9 Å². The Bertz CT molecular complexity index is 2100. The molecule has 2 atom stereocenters. The second kappa shape index (κ2) is 12.0. The van der Waals surface area contributed by atoms with E-state index in [9.17, 15) is 32.7 Å². The van der Waals surface area contributed by atoms with E-state index in [4.69, 9.17) is 26.8 Å². The fraction of sp³-hybridized carbons (Fsp3) is 0.375. The summed E-state index contributed by atoms with van der Waals surface area (Å²) < 4.78 is 55.0. The molecule has 3 N–H and O–H groups in total. The minimum atomic E-state index is -4.70. The Hall–Kier alpha value is -4.80. The average Bonchev–Trinajstić information content (AvgIpc) is 3.63. The third-order valence-electron chi connectivity index (χ3n) is 9.22. The summed E-state index contributed by atoms with van der Waals surface area (Å²) in [4.78, 5) is 51.2. The van der Waals surface area contributed by atoms with Crippen LogP contribution in [0.15, 0.2) is 47.4 Å². The Morgan fingerprint density at radius 1 is 1.20 bits per heavy atom. The van der Waals surface area contributed by atoms with Crippen LogP contribution in [0.25, 0.3) is 11.4 Å². The van der Waals surface area contributed by atoms with Gasteiger partial charge in [-0.25, -0.2) is 4.98 Å². The van der Waals surface area contributed by atoms with Crippen molar-refractivity contribution in [3.8, 4) is 5.75 Å². The number of likely N-dealkylation sites (tertiary alicyclic amines) is 1. The molecule has 0 aliphatic carbocycles. The number of amides is 2. The van der Waals surface area contributed by atoms with Gasteiger partial charge in [-0.2, -0.15) is 22.7 Å². The van der Waals surface area contributed by atoms with Gasteiger partial charge in [0, 0.05) is 29.9 Å². The van der Waals surface area contributed by atoms with E-state index >= 15 is 0 Å². The quantitative estimate of drug-likeness (QED) is 0.315. The van der Waals surface area contributed by atoms with Crippen LogP contribution in [-0.2, 0) is 26.0 Å². The number of alkyl halides is 3. The van der Waals surface area contributed by atoms with E-state index in [-0.39, 0.29) is 70.8 Å². The molecule has 2 amide bonds. The number of ether oxygens (including phenoxy) is 2. The Morgan fingerprint density at radius 3 is 2.59 bits per heavy atom. The highest BCUT2D eigenvalue weighted by molar-refractivity contribution is 6.31. The zero-order valence-corrected chi connectivity index (χ0v) is 26.7. The van der Waals surface area contributed by atoms with E-state index in [0.717, 1.165) is 16.6 Å². The number of rotatable bonds is 5. The van der Waals surface area contributed by atoms with Crippen LogP contribution in [0.4, 0.5) is 13.2 Å². The molecule has 1 unspecified atom stereocenters. The molecule has 7 rings (SSSR count). The van der Waals surface area contributed by atoms with Crippen LogP contribution < -0.4 is 11.3 Å². The molecule has 3 aliphatic rings. The number of hydrogen-bond donors (Lipinski definition) is 2. The third-order valence-corrected chi connectivity index (χ3v) is 9.55. The number of benzene rings is 1. The van der Waals surface area contributed by atoms with Crippen LogP contribution in [-0.4, -0.2) is 72.3 Å². The summed E-state index contributed by atoms with van der Waals surface area (Å²) in [6, 6.07) is 3.92. The highest BCUT2D eigenvalue weighted by Gasteiger charge is 2.51. The summed E-state index contributed by atoms with van der Waals surface area (Å²) in [6.45, 7) is 2.62. The Morgan fingerprint density at radius 2 is 1.96 bits per heavy atom. The van der Waals surface area contributed by atoms with Crippen LogP contribution in [0.3, 0.4) is 0 Å². The molecule has 13 nitrogen and oxygen atoms in total. The lowest BCUT2D eigenvalue weighted by atomic mass is 9.85. The first-order valence-electron chi connectivity index (χ1n) is 15.4. The second-order valence-corrected chi connectivity index (χ2v) is 12.5. The normalized spacial score (nSPS) is 19.6. The molecule has 1 saturated heterocycles. The maximum atomic E-state index is 14.5. The van der Waals surface area contributed by atoms with Gasteiger partial charge in [0.25, 0.3) is 11.5 Å². The maximum absolute atomic E-state index is 14.5. The van der Waals surface area contributed by atoms with Crippen LogP contribution in [0.2, 0.25) is 5.02 Å². The van der Waals surface area contributed by atoms with Crippen LogP contribution >= 0.6 is 11.6 Å². The molecule has 3 aromatic heterocycles. The number of aromatic nitrogens is 5. The predicted octanol–water partition coefficient (Wildman–Crippen LogP) is 3.76. The van der Waals surface area contributed by atoms with Gasteiger partial charge in [-0.05, 0) is 56.0 Å².